The first-order valence-electron chi connectivity index (χ1n) is 6.23. The number of hydrogen-bond acceptors (Lipinski definition) is 5. The van der Waals surface area contributed by atoms with E-state index < -0.39 is 0 Å². The van der Waals surface area contributed by atoms with Crippen LogP contribution in [0.15, 0.2) is 4.52 Å². The highest BCUT2D eigenvalue weighted by Gasteiger charge is 2.20. The van der Waals surface area contributed by atoms with E-state index in [0.29, 0.717) is 44.1 Å². The summed E-state index contributed by atoms with van der Waals surface area (Å²) in [6.07, 6.45) is 1.77. The van der Waals surface area contributed by atoms with Gasteiger partial charge in [-0.25, -0.2) is 0 Å². The number of rotatable bonds is 6. The van der Waals surface area contributed by atoms with Crippen molar-refractivity contribution in [3.63, 3.8) is 0 Å². The molecule has 1 aromatic rings. The number of aromatic nitrogens is 2. The summed E-state index contributed by atoms with van der Waals surface area (Å²) in [5, 5.41) is 6.65. The molecule has 0 aliphatic rings. The molecule has 0 spiro atoms. The maximum Gasteiger partial charge on any atom is 0.226 e. The maximum absolute atomic E-state index is 11.3. The highest BCUT2D eigenvalue weighted by atomic mass is 16.5. The van der Waals surface area contributed by atoms with Gasteiger partial charge in [-0.05, 0) is 6.42 Å². The number of carbonyl (C=O) groups excluding carboxylic acids is 1. The van der Waals surface area contributed by atoms with Crippen LogP contribution in [0.5, 0.6) is 0 Å². The van der Waals surface area contributed by atoms with Crippen LogP contribution >= 0.6 is 0 Å². The van der Waals surface area contributed by atoms with Crippen molar-refractivity contribution in [2.45, 2.75) is 45.4 Å². The Bertz CT molecular complexity index is 382. The normalized spacial score (nSPS) is 11.6. The zero-order valence-electron chi connectivity index (χ0n) is 11.3. The van der Waals surface area contributed by atoms with Crippen LogP contribution in [0.3, 0.4) is 0 Å². The summed E-state index contributed by atoms with van der Waals surface area (Å²) in [5.74, 6) is 1.30. The largest absolute Gasteiger partial charge is 0.355 e. The van der Waals surface area contributed by atoms with E-state index in [2.05, 4.69) is 15.5 Å². The SMILES string of the molecule is CC(C)(C)c1noc(CCCC(=O)NCCN)n1. The van der Waals surface area contributed by atoms with Gasteiger partial charge in [0.15, 0.2) is 5.82 Å². The first kappa shape index (κ1) is 14.6. The molecule has 0 radical (unpaired) electrons. The number of aryl methyl sites for hydroxylation is 1. The van der Waals surface area contributed by atoms with Crippen molar-refractivity contribution in [1.29, 1.82) is 0 Å². The van der Waals surface area contributed by atoms with Gasteiger partial charge < -0.3 is 15.6 Å². The van der Waals surface area contributed by atoms with E-state index in [1.165, 1.54) is 0 Å². The second-order valence-corrected chi connectivity index (χ2v) is 5.25. The topological polar surface area (TPSA) is 94.0 Å². The number of nitrogens with two attached hydrogens (primary N) is 1. The van der Waals surface area contributed by atoms with Gasteiger partial charge >= 0.3 is 0 Å². The number of carbonyl (C=O) groups is 1. The number of amides is 1. The molecule has 6 heteroatoms. The first-order valence-corrected chi connectivity index (χ1v) is 6.23. The van der Waals surface area contributed by atoms with Gasteiger partial charge in [-0.2, -0.15) is 4.98 Å². The Hall–Kier alpha value is -1.43. The molecule has 0 atom stereocenters. The Labute approximate surface area is 107 Å². The van der Waals surface area contributed by atoms with Crippen LogP contribution in [0, 0.1) is 0 Å². The first-order chi connectivity index (χ1) is 8.43. The molecule has 0 saturated carbocycles. The van der Waals surface area contributed by atoms with E-state index in [-0.39, 0.29) is 11.3 Å². The van der Waals surface area contributed by atoms with Crippen LogP contribution in [-0.4, -0.2) is 29.1 Å². The predicted octanol–water partition coefficient (Wildman–Crippen LogP) is 0.765. The molecule has 0 unspecified atom stereocenters. The Morgan fingerprint density at radius 3 is 2.72 bits per heavy atom. The third kappa shape index (κ3) is 4.83. The molecule has 1 rings (SSSR count). The molecule has 3 N–H and O–H groups in total. The van der Waals surface area contributed by atoms with Crippen LogP contribution in [0.1, 0.15) is 45.3 Å². The highest BCUT2D eigenvalue weighted by Crippen LogP contribution is 2.18. The van der Waals surface area contributed by atoms with Crippen molar-refractivity contribution in [1.82, 2.24) is 15.5 Å². The fourth-order valence-corrected chi connectivity index (χ4v) is 1.36. The summed E-state index contributed by atoms with van der Waals surface area (Å²) in [6, 6.07) is 0. The minimum absolute atomic E-state index is 0.0102. The van der Waals surface area contributed by atoms with Crippen molar-refractivity contribution in [2.75, 3.05) is 13.1 Å². The number of hydrogen-bond donors (Lipinski definition) is 2. The standard InChI is InChI=1S/C12H22N4O2/c1-12(2,3)11-15-10(18-16-11)6-4-5-9(17)14-8-7-13/h4-8,13H2,1-3H3,(H,14,17). The molecule has 6 nitrogen and oxygen atoms in total. The van der Waals surface area contributed by atoms with E-state index in [1.807, 2.05) is 20.8 Å². The van der Waals surface area contributed by atoms with E-state index in [1.54, 1.807) is 0 Å². The Balaban J connectivity index is 2.32. The summed E-state index contributed by atoms with van der Waals surface area (Å²) in [6.45, 7) is 7.07. The molecule has 18 heavy (non-hydrogen) atoms. The lowest BCUT2D eigenvalue weighted by Gasteiger charge is -2.10. The van der Waals surface area contributed by atoms with E-state index in [9.17, 15) is 4.79 Å². The molecule has 1 heterocycles. The molecule has 0 bridgehead atoms. The van der Waals surface area contributed by atoms with Gasteiger partial charge in [-0.3, -0.25) is 4.79 Å². The molecular formula is C12H22N4O2. The average molecular weight is 254 g/mol. The van der Waals surface area contributed by atoms with E-state index in [0.717, 1.165) is 0 Å². The minimum atomic E-state index is -0.111. The van der Waals surface area contributed by atoms with Gasteiger partial charge in [0.1, 0.15) is 0 Å². The van der Waals surface area contributed by atoms with Crippen molar-refractivity contribution in [3.8, 4) is 0 Å². The second-order valence-electron chi connectivity index (χ2n) is 5.25. The number of nitrogens with zero attached hydrogens (tertiary/aromatic N) is 2. The second kappa shape index (κ2) is 6.49. The third-order valence-electron chi connectivity index (χ3n) is 2.40. The zero-order chi connectivity index (χ0) is 13.6. The molecule has 0 aliphatic heterocycles. The summed E-state index contributed by atoms with van der Waals surface area (Å²) >= 11 is 0. The van der Waals surface area contributed by atoms with Crippen molar-refractivity contribution in [2.24, 2.45) is 5.73 Å². The average Bonchev–Trinajstić information content (AvgIpc) is 2.74. The molecule has 0 aromatic carbocycles. The van der Waals surface area contributed by atoms with Crippen LogP contribution in [0.4, 0.5) is 0 Å². The molecule has 102 valence electrons. The van der Waals surface area contributed by atoms with Crippen LogP contribution in [-0.2, 0) is 16.6 Å². The Morgan fingerprint density at radius 2 is 2.17 bits per heavy atom. The third-order valence-corrected chi connectivity index (χ3v) is 2.40. The quantitative estimate of drug-likeness (QED) is 0.781. The summed E-state index contributed by atoms with van der Waals surface area (Å²) < 4.78 is 5.14. The van der Waals surface area contributed by atoms with Gasteiger partial charge in [0.2, 0.25) is 11.8 Å². The maximum atomic E-state index is 11.3. The van der Waals surface area contributed by atoms with Gasteiger partial charge in [-0.15, -0.1) is 0 Å². The highest BCUT2D eigenvalue weighted by molar-refractivity contribution is 5.75. The Morgan fingerprint density at radius 1 is 1.44 bits per heavy atom. The lowest BCUT2D eigenvalue weighted by Crippen LogP contribution is -2.28. The summed E-state index contributed by atoms with van der Waals surface area (Å²) in [4.78, 5) is 15.6. The molecule has 1 amide bonds. The Kier molecular flexibility index (Phi) is 5.27. The van der Waals surface area contributed by atoms with Gasteiger partial charge in [0, 0.05) is 31.3 Å². The smallest absolute Gasteiger partial charge is 0.226 e. The molecule has 1 aromatic heterocycles. The number of nitrogens with one attached hydrogen (secondary N) is 1. The zero-order valence-corrected chi connectivity index (χ0v) is 11.3. The fraction of sp³-hybridized carbons (Fsp3) is 0.750. The molecule has 0 saturated heterocycles. The molecule has 0 fully saturated rings. The summed E-state index contributed by atoms with van der Waals surface area (Å²) in [5.41, 5.74) is 5.18. The molecular weight excluding hydrogens is 232 g/mol. The lowest BCUT2D eigenvalue weighted by molar-refractivity contribution is -0.121. The van der Waals surface area contributed by atoms with Gasteiger partial charge in [-0.1, -0.05) is 25.9 Å². The van der Waals surface area contributed by atoms with Crippen molar-refractivity contribution >= 4 is 5.91 Å². The van der Waals surface area contributed by atoms with Gasteiger partial charge in [0.05, 0.1) is 0 Å². The summed E-state index contributed by atoms with van der Waals surface area (Å²) in [7, 11) is 0. The van der Waals surface area contributed by atoms with Gasteiger partial charge in [0.25, 0.3) is 0 Å². The van der Waals surface area contributed by atoms with E-state index >= 15 is 0 Å². The monoisotopic (exact) mass is 254 g/mol. The minimum Gasteiger partial charge on any atom is -0.355 e. The van der Waals surface area contributed by atoms with Crippen LogP contribution in [0.2, 0.25) is 0 Å². The van der Waals surface area contributed by atoms with E-state index in [4.69, 9.17) is 10.3 Å². The fourth-order valence-electron chi connectivity index (χ4n) is 1.36. The lowest BCUT2D eigenvalue weighted by atomic mass is 9.96. The van der Waals surface area contributed by atoms with Crippen molar-refractivity contribution < 1.29 is 9.32 Å². The molecule has 0 aliphatic carbocycles. The van der Waals surface area contributed by atoms with Crippen LogP contribution in [0.25, 0.3) is 0 Å². The predicted molar refractivity (Wildman–Crippen MR) is 68.0 cm³/mol. The van der Waals surface area contributed by atoms with Crippen molar-refractivity contribution in [3.05, 3.63) is 11.7 Å². The van der Waals surface area contributed by atoms with Crippen LogP contribution < -0.4 is 11.1 Å².